The van der Waals surface area contributed by atoms with E-state index in [1.165, 1.54) is 32.1 Å². The fourth-order valence-electron chi connectivity index (χ4n) is 4.41. The Hall–Kier alpha value is -1.01. The minimum absolute atomic E-state index is 0. The molecule has 0 spiro atoms. The summed E-state index contributed by atoms with van der Waals surface area (Å²) in [6.45, 7) is 0.559. The Morgan fingerprint density at radius 1 is 0.880 bits per heavy atom. The summed E-state index contributed by atoms with van der Waals surface area (Å²) in [6.07, 6.45) is 11.7. The van der Waals surface area contributed by atoms with E-state index in [0.29, 0.717) is 43.6 Å². The molecule has 25 heavy (non-hydrogen) atoms. The highest BCUT2D eigenvalue weighted by Gasteiger charge is 2.33. The predicted octanol–water partition coefficient (Wildman–Crippen LogP) is 2.22. The fraction of sp³-hybridized carbons (Fsp3) is 0.889. The molecule has 2 unspecified atom stereocenters. The smallest absolute Gasteiger partial charge is 0.315 e. The van der Waals surface area contributed by atoms with Gasteiger partial charge in [0.05, 0.1) is 0 Å². The summed E-state index contributed by atoms with van der Waals surface area (Å²) in [5, 5.41) is 12.7. The van der Waals surface area contributed by atoms with E-state index in [9.17, 15) is 9.59 Å². The molecule has 144 valence electrons. The molecule has 2 aliphatic heterocycles. The van der Waals surface area contributed by atoms with E-state index in [1.54, 1.807) is 0 Å². The van der Waals surface area contributed by atoms with E-state index >= 15 is 0 Å². The SMILES string of the molecule is Cl.O=C(CCCNC(=O)NC1CCCCC1)NC1CC2CCC(C1)N2. The molecule has 0 aromatic heterocycles. The van der Waals surface area contributed by atoms with E-state index in [4.69, 9.17) is 0 Å². The number of carbonyl (C=O) groups excluding carboxylic acids is 2. The molecule has 0 aromatic rings. The number of piperidine rings is 1. The second-order valence-corrected chi connectivity index (χ2v) is 7.71. The van der Waals surface area contributed by atoms with Gasteiger partial charge < -0.3 is 21.3 Å². The number of nitrogens with one attached hydrogen (secondary N) is 4. The van der Waals surface area contributed by atoms with Gasteiger partial charge in [-0.1, -0.05) is 19.3 Å². The first-order chi connectivity index (χ1) is 11.7. The maximum absolute atomic E-state index is 12.0. The number of carbonyl (C=O) groups is 2. The van der Waals surface area contributed by atoms with Crippen LogP contribution in [0.5, 0.6) is 0 Å². The summed E-state index contributed by atoms with van der Waals surface area (Å²) < 4.78 is 0. The molecule has 3 aliphatic rings. The van der Waals surface area contributed by atoms with Gasteiger partial charge >= 0.3 is 6.03 Å². The Kier molecular flexibility index (Phi) is 8.30. The number of amides is 3. The van der Waals surface area contributed by atoms with Gasteiger partial charge in [-0.2, -0.15) is 0 Å². The molecular formula is C18H33ClN4O2. The summed E-state index contributed by atoms with van der Waals surface area (Å²) in [4.78, 5) is 23.9. The van der Waals surface area contributed by atoms with E-state index in [1.807, 2.05) is 0 Å². The van der Waals surface area contributed by atoms with Crippen molar-refractivity contribution in [3.63, 3.8) is 0 Å². The average molecular weight is 373 g/mol. The largest absolute Gasteiger partial charge is 0.353 e. The zero-order valence-corrected chi connectivity index (χ0v) is 15.8. The van der Waals surface area contributed by atoms with Crippen LogP contribution in [-0.2, 0) is 4.79 Å². The first kappa shape index (κ1) is 20.3. The van der Waals surface area contributed by atoms with Gasteiger partial charge in [-0.25, -0.2) is 4.79 Å². The Morgan fingerprint density at radius 3 is 2.24 bits per heavy atom. The highest BCUT2D eigenvalue weighted by Crippen LogP contribution is 2.26. The summed E-state index contributed by atoms with van der Waals surface area (Å²) in [5.41, 5.74) is 0. The van der Waals surface area contributed by atoms with Gasteiger partial charge in [0.15, 0.2) is 0 Å². The molecule has 0 aromatic carbocycles. The third-order valence-corrected chi connectivity index (χ3v) is 5.64. The summed E-state index contributed by atoms with van der Waals surface area (Å²) in [5.74, 6) is 0.121. The van der Waals surface area contributed by atoms with Crippen LogP contribution in [0.1, 0.15) is 70.6 Å². The van der Waals surface area contributed by atoms with E-state index < -0.39 is 0 Å². The predicted molar refractivity (Wildman–Crippen MR) is 101 cm³/mol. The quantitative estimate of drug-likeness (QED) is 0.539. The van der Waals surface area contributed by atoms with Crippen molar-refractivity contribution < 1.29 is 9.59 Å². The van der Waals surface area contributed by atoms with Crippen LogP contribution >= 0.6 is 12.4 Å². The van der Waals surface area contributed by atoms with Gasteiger partial charge in [-0.3, -0.25) is 4.79 Å². The number of hydrogen-bond acceptors (Lipinski definition) is 3. The van der Waals surface area contributed by atoms with Crippen LogP contribution in [0.2, 0.25) is 0 Å². The van der Waals surface area contributed by atoms with Crippen molar-refractivity contribution in [2.75, 3.05) is 6.54 Å². The molecule has 2 saturated heterocycles. The van der Waals surface area contributed by atoms with Gasteiger partial charge in [0, 0.05) is 37.1 Å². The van der Waals surface area contributed by atoms with Crippen molar-refractivity contribution in [1.29, 1.82) is 0 Å². The van der Waals surface area contributed by atoms with Gasteiger partial charge in [0.25, 0.3) is 0 Å². The molecule has 1 aliphatic carbocycles. The second kappa shape index (κ2) is 10.2. The zero-order valence-electron chi connectivity index (χ0n) is 15.0. The first-order valence-corrected chi connectivity index (χ1v) is 9.79. The topological polar surface area (TPSA) is 82.3 Å². The number of fused-ring (bicyclic) bond motifs is 2. The molecule has 6 nitrogen and oxygen atoms in total. The van der Waals surface area contributed by atoms with Gasteiger partial charge in [0.1, 0.15) is 0 Å². The number of urea groups is 1. The Bertz CT molecular complexity index is 431. The Balaban J connectivity index is 0.00000225. The van der Waals surface area contributed by atoms with E-state index in [-0.39, 0.29) is 24.3 Å². The van der Waals surface area contributed by atoms with Gasteiger partial charge in [-0.15, -0.1) is 12.4 Å². The van der Waals surface area contributed by atoms with Crippen LogP contribution in [0.3, 0.4) is 0 Å². The van der Waals surface area contributed by atoms with Gasteiger partial charge in [0.2, 0.25) is 5.91 Å². The van der Waals surface area contributed by atoms with Crippen LogP contribution in [-0.4, -0.2) is 42.7 Å². The highest BCUT2D eigenvalue weighted by molar-refractivity contribution is 5.85. The number of halogens is 1. The fourth-order valence-corrected chi connectivity index (χ4v) is 4.41. The van der Waals surface area contributed by atoms with E-state index in [2.05, 4.69) is 21.3 Å². The maximum Gasteiger partial charge on any atom is 0.315 e. The lowest BCUT2D eigenvalue weighted by Gasteiger charge is -2.29. The minimum atomic E-state index is -0.0859. The minimum Gasteiger partial charge on any atom is -0.353 e. The molecule has 3 amide bonds. The van der Waals surface area contributed by atoms with Crippen LogP contribution < -0.4 is 21.3 Å². The average Bonchev–Trinajstić information content (AvgIpc) is 2.91. The van der Waals surface area contributed by atoms with Crippen molar-refractivity contribution in [1.82, 2.24) is 21.3 Å². The zero-order chi connectivity index (χ0) is 16.8. The summed E-state index contributed by atoms with van der Waals surface area (Å²) in [6, 6.07) is 1.77. The molecule has 4 N–H and O–H groups in total. The second-order valence-electron chi connectivity index (χ2n) is 7.71. The number of rotatable bonds is 6. The molecule has 0 radical (unpaired) electrons. The summed E-state index contributed by atoms with van der Waals surface area (Å²) in [7, 11) is 0. The molecule has 3 rings (SSSR count). The Morgan fingerprint density at radius 2 is 1.56 bits per heavy atom. The first-order valence-electron chi connectivity index (χ1n) is 9.79. The Labute approximate surface area is 157 Å². The standard InChI is InChI=1S/C18H32N4O2.ClH/c23-17(21-16-11-14-8-9-15(12-16)20-14)7-4-10-19-18(24)22-13-5-2-1-3-6-13;/h13-16,20H,1-12H2,(H,21,23)(H2,19,22,24);1H. The third kappa shape index (κ3) is 6.66. The molecule has 2 bridgehead atoms. The molecule has 2 heterocycles. The van der Waals surface area contributed by atoms with Crippen LogP contribution in [0, 0.1) is 0 Å². The lowest BCUT2D eigenvalue weighted by molar-refractivity contribution is -0.122. The molecule has 3 fully saturated rings. The van der Waals surface area contributed by atoms with Crippen LogP contribution in [0.4, 0.5) is 4.79 Å². The normalized spacial score (nSPS) is 28.7. The lowest BCUT2D eigenvalue weighted by atomic mass is 9.96. The molecule has 7 heteroatoms. The van der Waals surface area contributed by atoms with Crippen LogP contribution in [0.25, 0.3) is 0 Å². The van der Waals surface area contributed by atoms with Crippen molar-refractivity contribution in [3.05, 3.63) is 0 Å². The van der Waals surface area contributed by atoms with Crippen LogP contribution in [0.15, 0.2) is 0 Å². The maximum atomic E-state index is 12.0. The molecule has 2 atom stereocenters. The van der Waals surface area contributed by atoms with E-state index in [0.717, 1.165) is 25.7 Å². The van der Waals surface area contributed by atoms with Crippen molar-refractivity contribution in [2.45, 2.75) is 94.8 Å². The molecular weight excluding hydrogens is 340 g/mol. The summed E-state index contributed by atoms with van der Waals surface area (Å²) >= 11 is 0. The third-order valence-electron chi connectivity index (χ3n) is 5.64. The number of hydrogen-bond donors (Lipinski definition) is 4. The highest BCUT2D eigenvalue weighted by atomic mass is 35.5. The van der Waals surface area contributed by atoms with Crippen molar-refractivity contribution in [2.24, 2.45) is 0 Å². The van der Waals surface area contributed by atoms with Crippen molar-refractivity contribution >= 4 is 24.3 Å². The lowest BCUT2D eigenvalue weighted by Crippen LogP contribution is -2.48. The monoisotopic (exact) mass is 372 g/mol. The van der Waals surface area contributed by atoms with Gasteiger partial charge in [-0.05, 0) is 44.9 Å². The molecule has 1 saturated carbocycles. The van der Waals surface area contributed by atoms with Crippen molar-refractivity contribution in [3.8, 4) is 0 Å².